The van der Waals surface area contributed by atoms with Crippen LogP contribution in [0.15, 0.2) is 42.7 Å². The van der Waals surface area contributed by atoms with E-state index >= 15 is 0 Å². The van der Waals surface area contributed by atoms with Crippen LogP contribution in [0.25, 0.3) is 0 Å². The second-order valence-electron chi connectivity index (χ2n) is 6.51. The van der Waals surface area contributed by atoms with Gasteiger partial charge in [0.25, 0.3) is 0 Å². The van der Waals surface area contributed by atoms with Crippen molar-refractivity contribution >= 4 is 6.03 Å². The molecule has 2 amide bonds. The van der Waals surface area contributed by atoms with E-state index in [0.29, 0.717) is 12.1 Å². The molecule has 2 rings (SSSR count). The molecule has 1 unspecified atom stereocenters. The first-order valence-corrected chi connectivity index (χ1v) is 8.32. The first-order valence-electron chi connectivity index (χ1n) is 8.32. The van der Waals surface area contributed by atoms with Crippen molar-refractivity contribution < 1.29 is 9.90 Å². The van der Waals surface area contributed by atoms with Crippen molar-refractivity contribution in [2.45, 2.75) is 19.1 Å². The van der Waals surface area contributed by atoms with Gasteiger partial charge >= 0.3 is 6.03 Å². The number of hydrogen-bond acceptors (Lipinski definition) is 4. The zero-order valence-electron chi connectivity index (χ0n) is 15.1. The van der Waals surface area contributed by atoms with E-state index in [1.54, 1.807) is 31.0 Å². The molecule has 0 radical (unpaired) electrons. The SMILES string of the molecule is CN(CCNC(=O)NCC(C)(O)c1cnn(C)c1)Cc1ccccc1. The quantitative estimate of drug-likeness (QED) is 0.668. The summed E-state index contributed by atoms with van der Waals surface area (Å²) in [5, 5.41) is 20.0. The van der Waals surface area contributed by atoms with Gasteiger partial charge in [0.05, 0.1) is 12.7 Å². The van der Waals surface area contributed by atoms with Gasteiger partial charge < -0.3 is 20.6 Å². The topological polar surface area (TPSA) is 82.4 Å². The number of nitrogens with zero attached hydrogens (tertiary/aromatic N) is 3. The highest BCUT2D eigenvalue weighted by Crippen LogP contribution is 2.18. The molecule has 0 aliphatic heterocycles. The Morgan fingerprint density at radius 3 is 2.68 bits per heavy atom. The van der Waals surface area contributed by atoms with Gasteiger partial charge in [-0.1, -0.05) is 30.3 Å². The molecule has 3 N–H and O–H groups in total. The fraction of sp³-hybridized carbons (Fsp3) is 0.444. The lowest BCUT2D eigenvalue weighted by Crippen LogP contribution is -2.45. The highest BCUT2D eigenvalue weighted by atomic mass is 16.3. The molecule has 1 aromatic carbocycles. The van der Waals surface area contributed by atoms with E-state index in [4.69, 9.17) is 0 Å². The number of hydrogen-bond donors (Lipinski definition) is 3. The Morgan fingerprint density at radius 2 is 2.04 bits per heavy atom. The zero-order valence-corrected chi connectivity index (χ0v) is 15.1. The summed E-state index contributed by atoms with van der Waals surface area (Å²) in [6, 6.07) is 9.90. The average molecular weight is 345 g/mol. The van der Waals surface area contributed by atoms with Gasteiger partial charge in [0.1, 0.15) is 5.60 Å². The minimum atomic E-state index is -1.16. The summed E-state index contributed by atoms with van der Waals surface area (Å²) in [6.45, 7) is 3.87. The van der Waals surface area contributed by atoms with E-state index in [2.05, 4.69) is 32.8 Å². The standard InChI is InChI=1S/C18H27N5O2/c1-18(25,16-11-21-23(3)13-16)14-20-17(24)19-9-10-22(2)12-15-7-5-4-6-8-15/h4-8,11,13,25H,9-10,12,14H2,1-3H3,(H2,19,20,24). The predicted molar refractivity (Wildman–Crippen MR) is 97.0 cm³/mol. The summed E-state index contributed by atoms with van der Waals surface area (Å²) < 4.78 is 1.62. The van der Waals surface area contributed by atoms with Crippen LogP contribution >= 0.6 is 0 Å². The minimum Gasteiger partial charge on any atom is -0.383 e. The van der Waals surface area contributed by atoms with Gasteiger partial charge in [-0.3, -0.25) is 4.68 Å². The molecule has 0 aliphatic carbocycles. The van der Waals surface area contributed by atoms with Crippen LogP contribution in [-0.4, -0.2) is 52.5 Å². The van der Waals surface area contributed by atoms with Crippen molar-refractivity contribution in [3.63, 3.8) is 0 Å². The Labute approximate surface area is 148 Å². The summed E-state index contributed by atoms with van der Waals surface area (Å²) >= 11 is 0. The largest absolute Gasteiger partial charge is 0.383 e. The van der Waals surface area contributed by atoms with E-state index in [9.17, 15) is 9.90 Å². The number of urea groups is 1. The first-order chi connectivity index (χ1) is 11.9. The number of carbonyl (C=O) groups excluding carboxylic acids is 1. The molecule has 7 nitrogen and oxygen atoms in total. The molecule has 7 heteroatoms. The van der Waals surface area contributed by atoms with Crippen molar-refractivity contribution in [2.24, 2.45) is 7.05 Å². The normalized spacial score (nSPS) is 13.5. The Kier molecular flexibility index (Phi) is 6.55. The first kappa shape index (κ1) is 19.0. The van der Waals surface area contributed by atoms with Gasteiger partial charge in [-0.15, -0.1) is 0 Å². The Hall–Kier alpha value is -2.38. The molecule has 0 spiro atoms. The van der Waals surface area contributed by atoms with Crippen LogP contribution in [0.4, 0.5) is 4.79 Å². The van der Waals surface area contributed by atoms with E-state index in [1.165, 1.54) is 5.56 Å². The molecule has 1 heterocycles. The van der Waals surface area contributed by atoms with Crippen molar-refractivity contribution in [1.82, 2.24) is 25.3 Å². The average Bonchev–Trinajstić information content (AvgIpc) is 3.01. The molecular weight excluding hydrogens is 318 g/mol. The van der Waals surface area contributed by atoms with Crippen LogP contribution in [-0.2, 0) is 19.2 Å². The zero-order chi connectivity index (χ0) is 18.3. The second-order valence-corrected chi connectivity index (χ2v) is 6.51. The molecule has 2 aromatic rings. The fourth-order valence-corrected chi connectivity index (χ4v) is 2.45. The number of amides is 2. The molecule has 0 aliphatic rings. The molecular formula is C18H27N5O2. The summed E-state index contributed by atoms with van der Waals surface area (Å²) in [6.07, 6.45) is 3.33. The third-order valence-electron chi connectivity index (χ3n) is 3.99. The van der Waals surface area contributed by atoms with E-state index in [-0.39, 0.29) is 12.6 Å². The second kappa shape index (κ2) is 8.64. The summed E-state index contributed by atoms with van der Waals surface area (Å²) in [5.74, 6) is 0. The number of aliphatic hydroxyl groups is 1. The van der Waals surface area contributed by atoms with Gasteiger partial charge in [0, 0.05) is 38.4 Å². The van der Waals surface area contributed by atoms with Crippen LogP contribution in [0.5, 0.6) is 0 Å². The lowest BCUT2D eigenvalue weighted by Gasteiger charge is -2.22. The third-order valence-corrected chi connectivity index (χ3v) is 3.99. The molecule has 25 heavy (non-hydrogen) atoms. The molecule has 0 saturated heterocycles. The van der Waals surface area contributed by atoms with Crippen LogP contribution in [0.3, 0.4) is 0 Å². The molecule has 1 aromatic heterocycles. The van der Waals surface area contributed by atoms with E-state index in [1.807, 2.05) is 25.2 Å². The smallest absolute Gasteiger partial charge is 0.314 e. The molecule has 0 saturated carbocycles. The number of rotatable bonds is 8. The highest BCUT2D eigenvalue weighted by molar-refractivity contribution is 5.73. The summed E-state index contributed by atoms with van der Waals surface area (Å²) in [4.78, 5) is 14.0. The van der Waals surface area contributed by atoms with Gasteiger partial charge in [0.2, 0.25) is 0 Å². The van der Waals surface area contributed by atoms with Crippen molar-refractivity contribution in [3.05, 3.63) is 53.9 Å². The maximum absolute atomic E-state index is 11.9. The van der Waals surface area contributed by atoms with Crippen LogP contribution in [0, 0.1) is 0 Å². The van der Waals surface area contributed by atoms with Gasteiger partial charge in [-0.05, 0) is 19.5 Å². The maximum atomic E-state index is 11.9. The minimum absolute atomic E-state index is 0.115. The molecule has 1 atom stereocenters. The van der Waals surface area contributed by atoms with E-state index < -0.39 is 5.60 Å². The van der Waals surface area contributed by atoms with Crippen LogP contribution < -0.4 is 10.6 Å². The fourth-order valence-electron chi connectivity index (χ4n) is 2.45. The monoisotopic (exact) mass is 345 g/mol. The number of aryl methyl sites for hydroxylation is 1. The van der Waals surface area contributed by atoms with Gasteiger partial charge in [-0.2, -0.15) is 5.10 Å². The Balaban J connectivity index is 1.67. The van der Waals surface area contributed by atoms with Crippen molar-refractivity contribution in [2.75, 3.05) is 26.7 Å². The lowest BCUT2D eigenvalue weighted by atomic mass is 10.00. The number of benzene rings is 1. The number of likely N-dealkylation sites (N-methyl/N-ethyl adjacent to an activating group) is 1. The summed E-state index contributed by atoms with van der Waals surface area (Å²) in [7, 11) is 3.80. The van der Waals surface area contributed by atoms with Crippen LogP contribution in [0.2, 0.25) is 0 Å². The predicted octanol–water partition coefficient (Wildman–Crippen LogP) is 1.06. The number of nitrogens with one attached hydrogen (secondary N) is 2. The van der Waals surface area contributed by atoms with Gasteiger partial charge in [0.15, 0.2) is 0 Å². The Morgan fingerprint density at radius 1 is 1.32 bits per heavy atom. The Bertz CT molecular complexity index is 669. The summed E-state index contributed by atoms with van der Waals surface area (Å²) in [5.41, 5.74) is 0.746. The molecule has 136 valence electrons. The molecule has 0 bridgehead atoms. The van der Waals surface area contributed by atoms with Crippen molar-refractivity contribution in [1.29, 1.82) is 0 Å². The maximum Gasteiger partial charge on any atom is 0.314 e. The number of aromatic nitrogens is 2. The van der Waals surface area contributed by atoms with Gasteiger partial charge in [-0.25, -0.2) is 4.79 Å². The van der Waals surface area contributed by atoms with Crippen molar-refractivity contribution in [3.8, 4) is 0 Å². The van der Waals surface area contributed by atoms with E-state index in [0.717, 1.165) is 13.1 Å². The highest BCUT2D eigenvalue weighted by Gasteiger charge is 2.25. The lowest BCUT2D eigenvalue weighted by molar-refractivity contribution is 0.0593. The van der Waals surface area contributed by atoms with Crippen LogP contribution in [0.1, 0.15) is 18.1 Å². The number of carbonyl (C=O) groups is 1. The third kappa shape index (κ3) is 6.21. The molecule has 0 fully saturated rings.